The van der Waals surface area contributed by atoms with Gasteiger partial charge in [0.1, 0.15) is 5.75 Å². The number of nitrogens with zero attached hydrogens (tertiary/aromatic N) is 3. The second-order valence-corrected chi connectivity index (χ2v) is 2.07. The van der Waals surface area contributed by atoms with Gasteiger partial charge in [-0.1, -0.05) is 17.2 Å². The number of hydrogen-bond donors (Lipinski definition) is 0. The SMILES string of the molecule is [N-]=[N+]=Nc1cccc(OC(F)F)c1. The summed E-state index contributed by atoms with van der Waals surface area (Å²) in [5.74, 6) is -0.0279. The number of halogens is 2. The van der Waals surface area contributed by atoms with Gasteiger partial charge in [-0.15, -0.1) is 0 Å². The number of hydrogen-bond acceptors (Lipinski definition) is 2. The molecule has 0 radical (unpaired) electrons. The van der Waals surface area contributed by atoms with Crippen LogP contribution < -0.4 is 4.74 Å². The molecule has 0 aromatic heterocycles. The fourth-order valence-corrected chi connectivity index (χ4v) is 0.774. The van der Waals surface area contributed by atoms with Crippen LogP contribution in [0.15, 0.2) is 29.4 Å². The molecule has 0 spiro atoms. The maximum Gasteiger partial charge on any atom is 0.387 e. The highest BCUT2D eigenvalue weighted by atomic mass is 19.3. The molecule has 0 bridgehead atoms. The van der Waals surface area contributed by atoms with Crippen LogP contribution in [-0.4, -0.2) is 6.61 Å². The molecule has 0 saturated heterocycles. The highest BCUT2D eigenvalue weighted by molar-refractivity contribution is 5.42. The highest BCUT2D eigenvalue weighted by Crippen LogP contribution is 2.21. The molecular formula is C7H5F2N3O. The van der Waals surface area contributed by atoms with Crippen molar-refractivity contribution in [2.75, 3.05) is 0 Å². The average Bonchev–Trinajstić information content (AvgIpc) is 2.04. The zero-order valence-corrected chi connectivity index (χ0v) is 6.39. The Morgan fingerprint density at radius 1 is 1.46 bits per heavy atom. The molecule has 0 aliphatic rings. The van der Waals surface area contributed by atoms with E-state index in [9.17, 15) is 8.78 Å². The molecule has 6 heteroatoms. The van der Waals surface area contributed by atoms with Crippen molar-refractivity contribution in [2.24, 2.45) is 5.11 Å². The Morgan fingerprint density at radius 3 is 2.85 bits per heavy atom. The summed E-state index contributed by atoms with van der Waals surface area (Å²) in [4.78, 5) is 2.51. The summed E-state index contributed by atoms with van der Waals surface area (Å²) in [7, 11) is 0. The van der Waals surface area contributed by atoms with Crippen LogP contribution >= 0.6 is 0 Å². The molecule has 0 amide bonds. The lowest BCUT2D eigenvalue weighted by Crippen LogP contribution is -2.01. The monoisotopic (exact) mass is 185 g/mol. The normalized spacial score (nSPS) is 9.46. The molecule has 0 saturated carbocycles. The summed E-state index contributed by atoms with van der Waals surface area (Å²) in [5.41, 5.74) is 8.30. The minimum atomic E-state index is -2.87. The minimum absolute atomic E-state index is 0.0279. The van der Waals surface area contributed by atoms with E-state index in [1.807, 2.05) is 0 Å². The number of azide groups is 1. The van der Waals surface area contributed by atoms with Gasteiger partial charge in [0.05, 0.1) is 0 Å². The van der Waals surface area contributed by atoms with E-state index in [0.717, 1.165) is 0 Å². The van der Waals surface area contributed by atoms with Crippen molar-refractivity contribution in [3.63, 3.8) is 0 Å². The van der Waals surface area contributed by atoms with Crippen molar-refractivity contribution < 1.29 is 13.5 Å². The summed E-state index contributed by atoms with van der Waals surface area (Å²) in [6.45, 7) is -2.87. The molecule has 0 N–H and O–H groups in total. The molecule has 0 atom stereocenters. The molecule has 1 rings (SSSR count). The largest absolute Gasteiger partial charge is 0.435 e. The van der Waals surface area contributed by atoms with Crippen LogP contribution in [0.2, 0.25) is 0 Å². The fraction of sp³-hybridized carbons (Fsp3) is 0.143. The van der Waals surface area contributed by atoms with Gasteiger partial charge in [0.25, 0.3) is 0 Å². The highest BCUT2D eigenvalue weighted by Gasteiger charge is 2.03. The summed E-state index contributed by atoms with van der Waals surface area (Å²) in [5, 5.41) is 3.23. The third-order valence-corrected chi connectivity index (χ3v) is 1.20. The second kappa shape index (κ2) is 4.27. The van der Waals surface area contributed by atoms with Gasteiger partial charge in [0, 0.05) is 10.6 Å². The standard InChI is InChI=1S/C7H5F2N3O/c8-7(9)13-6-3-1-2-5(4-6)11-12-10/h1-4,7H. The Morgan fingerprint density at radius 2 is 2.23 bits per heavy atom. The molecule has 0 fully saturated rings. The van der Waals surface area contributed by atoms with Crippen molar-refractivity contribution in [2.45, 2.75) is 6.61 Å². The lowest BCUT2D eigenvalue weighted by Gasteiger charge is -2.03. The molecular weight excluding hydrogens is 180 g/mol. The molecule has 68 valence electrons. The molecule has 0 heterocycles. The van der Waals surface area contributed by atoms with Gasteiger partial charge >= 0.3 is 6.61 Å². The predicted octanol–water partition coefficient (Wildman–Crippen LogP) is 3.23. The quantitative estimate of drug-likeness (QED) is 0.405. The van der Waals surface area contributed by atoms with Crippen LogP contribution in [0.3, 0.4) is 0 Å². The Bertz CT molecular complexity index is 336. The first kappa shape index (κ1) is 9.28. The molecule has 0 aliphatic heterocycles. The number of rotatable bonds is 3. The second-order valence-electron chi connectivity index (χ2n) is 2.07. The first-order valence-corrected chi connectivity index (χ1v) is 3.32. The van der Waals surface area contributed by atoms with E-state index < -0.39 is 6.61 Å². The Kier molecular flexibility index (Phi) is 3.05. The van der Waals surface area contributed by atoms with Crippen LogP contribution in [0.1, 0.15) is 0 Å². The van der Waals surface area contributed by atoms with E-state index in [0.29, 0.717) is 0 Å². The van der Waals surface area contributed by atoms with Gasteiger partial charge < -0.3 is 4.74 Å². The maximum atomic E-state index is 11.7. The van der Waals surface area contributed by atoms with Crippen LogP contribution in [0.25, 0.3) is 10.4 Å². The van der Waals surface area contributed by atoms with Gasteiger partial charge in [0.15, 0.2) is 0 Å². The topological polar surface area (TPSA) is 58.0 Å². The number of ether oxygens (including phenoxy) is 1. The van der Waals surface area contributed by atoms with Crippen LogP contribution in [0.5, 0.6) is 5.75 Å². The van der Waals surface area contributed by atoms with Crippen molar-refractivity contribution in [1.29, 1.82) is 0 Å². The van der Waals surface area contributed by atoms with Crippen LogP contribution in [0.4, 0.5) is 14.5 Å². The first-order chi connectivity index (χ1) is 6.22. The average molecular weight is 185 g/mol. The summed E-state index contributed by atoms with van der Waals surface area (Å²) in [6, 6.07) is 5.52. The molecule has 4 nitrogen and oxygen atoms in total. The van der Waals surface area contributed by atoms with E-state index in [1.54, 1.807) is 0 Å². The van der Waals surface area contributed by atoms with Gasteiger partial charge in [0.2, 0.25) is 0 Å². The van der Waals surface area contributed by atoms with Gasteiger partial charge in [-0.25, -0.2) is 0 Å². The van der Waals surface area contributed by atoms with Crippen LogP contribution in [-0.2, 0) is 0 Å². The zero-order valence-electron chi connectivity index (χ0n) is 6.39. The van der Waals surface area contributed by atoms with E-state index in [-0.39, 0.29) is 11.4 Å². The molecule has 1 aromatic rings. The molecule has 13 heavy (non-hydrogen) atoms. The van der Waals surface area contributed by atoms with Crippen molar-refractivity contribution in [3.8, 4) is 5.75 Å². The smallest absolute Gasteiger partial charge is 0.387 e. The van der Waals surface area contributed by atoms with Crippen molar-refractivity contribution >= 4 is 5.69 Å². The van der Waals surface area contributed by atoms with E-state index in [4.69, 9.17) is 5.53 Å². The molecule has 0 unspecified atom stereocenters. The number of benzene rings is 1. The maximum absolute atomic E-state index is 11.7. The van der Waals surface area contributed by atoms with Gasteiger partial charge in [-0.2, -0.15) is 8.78 Å². The zero-order chi connectivity index (χ0) is 9.68. The van der Waals surface area contributed by atoms with Gasteiger partial charge in [-0.3, -0.25) is 0 Å². The van der Waals surface area contributed by atoms with E-state index >= 15 is 0 Å². The number of alkyl halides is 2. The lowest BCUT2D eigenvalue weighted by molar-refractivity contribution is -0.0498. The van der Waals surface area contributed by atoms with Crippen molar-refractivity contribution in [3.05, 3.63) is 34.7 Å². The van der Waals surface area contributed by atoms with Crippen molar-refractivity contribution in [1.82, 2.24) is 0 Å². The Labute approximate surface area is 72.4 Å². The van der Waals surface area contributed by atoms with Crippen LogP contribution in [0, 0.1) is 0 Å². The van der Waals surface area contributed by atoms with E-state index in [1.165, 1.54) is 24.3 Å². The van der Waals surface area contributed by atoms with E-state index in [2.05, 4.69) is 14.8 Å². The third-order valence-electron chi connectivity index (χ3n) is 1.20. The predicted molar refractivity (Wildman–Crippen MR) is 41.9 cm³/mol. The summed E-state index contributed by atoms with van der Waals surface area (Å²) in [6.07, 6.45) is 0. The lowest BCUT2D eigenvalue weighted by atomic mass is 10.3. The third kappa shape index (κ3) is 2.96. The van der Waals surface area contributed by atoms with Gasteiger partial charge in [-0.05, 0) is 17.7 Å². The fourth-order valence-electron chi connectivity index (χ4n) is 0.774. The molecule has 1 aromatic carbocycles. The minimum Gasteiger partial charge on any atom is -0.435 e. The summed E-state index contributed by atoms with van der Waals surface area (Å²) < 4.78 is 27.5. The first-order valence-electron chi connectivity index (χ1n) is 3.32. The summed E-state index contributed by atoms with van der Waals surface area (Å²) >= 11 is 0. The molecule has 0 aliphatic carbocycles. The Balaban J connectivity index is 2.85. The Hall–Kier alpha value is -1.81.